The predicted octanol–water partition coefficient (Wildman–Crippen LogP) is 3.26. The molecule has 3 aliphatic heterocycles. The van der Waals surface area contributed by atoms with Crippen molar-refractivity contribution in [3.05, 3.63) is 47.5 Å². The summed E-state index contributed by atoms with van der Waals surface area (Å²) in [7, 11) is 0. The lowest BCUT2D eigenvalue weighted by Crippen LogP contribution is -2.45. The van der Waals surface area contributed by atoms with E-state index in [1.54, 1.807) is 4.90 Å². The molecule has 3 atom stereocenters. The Morgan fingerprint density at radius 2 is 1.77 bits per heavy atom. The van der Waals surface area contributed by atoms with Gasteiger partial charge in [0.15, 0.2) is 23.0 Å². The van der Waals surface area contributed by atoms with Crippen LogP contribution in [0, 0.1) is 5.92 Å². The first kappa shape index (κ1) is 28.0. The number of nitrogens with zero attached hydrogens (tertiary/aromatic N) is 2. The quantitative estimate of drug-likeness (QED) is 0.385. The molecule has 0 radical (unpaired) electrons. The summed E-state index contributed by atoms with van der Waals surface area (Å²) in [4.78, 5) is 30.2. The fourth-order valence-electron chi connectivity index (χ4n) is 6.07. The lowest BCUT2D eigenvalue weighted by molar-refractivity contribution is -0.143. The fraction of sp³-hybridized carbons (Fsp3) is 0.533. The number of carboxylic acids is 1. The predicted molar refractivity (Wildman–Crippen MR) is 146 cm³/mol. The molecule has 5 rings (SSSR count). The SMILES string of the molecule is CCCCN(CCCO)C(=O)CN1C[C@H](c2ccc3c(c2)OCO3)[C@@H](C(=O)O)[C@@H]1CCc1cccc2c1OCO2. The summed E-state index contributed by atoms with van der Waals surface area (Å²) >= 11 is 0. The van der Waals surface area contributed by atoms with E-state index in [4.69, 9.17) is 18.9 Å². The van der Waals surface area contributed by atoms with Crippen LogP contribution in [-0.4, -0.2) is 84.3 Å². The van der Waals surface area contributed by atoms with Gasteiger partial charge in [0.1, 0.15) is 0 Å². The van der Waals surface area contributed by atoms with Gasteiger partial charge in [-0.05, 0) is 55.0 Å². The van der Waals surface area contributed by atoms with E-state index in [-0.39, 0.29) is 44.6 Å². The van der Waals surface area contributed by atoms with Crippen molar-refractivity contribution >= 4 is 11.9 Å². The number of unbranched alkanes of at least 4 members (excludes halogenated alkanes) is 1. The van der Waals surface area contributed by atoms with E-state index < -0.39 is 11.9 Å². The summed E-state index contributed by atoms with van der Waals surface area (Å²) < 4.78 is 22.3. The number of hydrogen-bond donors (Lipinski definition) is 2. The van der Waals surface area contributed by atoms with Crippen LogP contribution in [0.15, 0.2) is 36.4 Å². The fourth-order valence-corrected chi connectivity index (χ4v) is 6.07. The van der Waals surface area contributed by atoms with Gasteiger partial charge in [0.05, 0.1) is 12.5 Å². The summed E-state index contributed by atoms with van der Waals surface area (Å²) in [5, 5.41) is 19.9. The molecule has 1 fully saturated rings. The van der Waals surface area contributed by atoms with E-state index in [2.05, 4.69) is 6.92 Å². The van der Waals surface area contributed by atoms with Crippen molar-refractivity contribution in [2.45, 2.75) is 51.0 Å². The van der Waals surface area contributed by atoms with Gasteiger partial charge in [-0.25, -0.2) is 0 Å². The summed E-state index contributed by atoms with van der Waals surface area (Å²) in [6.45, 7) is 4.06. The number of amides is 1. The Morgan fingerprint density at radius 1 is 1.00 bits per heavy atom. The highest BCUT2D eigenvalue weighted by Gasteiger charge is 2.47. The van der Waals surface area contributed by atoms with E-state index >= 15 is 0 Å². The number of carbonyl (C=O) groups excluding carboxylic acids is 1. The zero-order valence-corrected chi connectivity index (χ0v) is 22.9. The van der Waals surface area contributed by atoms with Crippen LogP contribution in [0.4, 0.5) is 0 Å². The number of ether oxygens (including phenoxy) is 4. The van der Waals surface area contributed by atoms with Crippen LogP contribution < -0.4 is 18.9 Å². The Morgan fingerprint density at radius 3 is 2.58 bits per heavy atom. The highest BCUT2D eigenvalue weighted by atomic mass is 16.7. The molecule has 1 saturated heterocycles. The van der Waals surface area contributed by atoms with E-state index in [1.165, 1.54) is 0 Å². The number of fused-ring (bicyclic) bond motifs is 2. The molecule has 0 bridgehead atoms. The van der Waals surface area contributed by atoms with Crippen LogP contribution in [0.3, 0.4) is 0 Å². The molecule has 2 aromatic carbocycles. The van der Waals surface area contributed by atoms with Gasteiger partial charge in [-0.2, -0.15) is 0 Å². The number of aliphatic hydroxyl groups excluding tert-OH is 1. The minimum absolute atomic E-state index is 0.0166. The van der Waals surface area contributed by atoms with Crippen LogP contribution in [0.25, 0.3) is 0 Å². The first-order chi connectivity index (χ1) is 19.5. The second-order valence-electron chi connectivity index (χ2n) is 10.6. The maximum Gasteiger partial charge on any atom is 0.308 e. The lowest BCUT2D eigenvalue weighted by Gasteiger charge is -2.30. The topological polar surface area (TPSA) is 118 Å². The van der Waals surface area contributed by atoms with E-state index in [0.29, 0.717) is 61.9 Å². The summed E-state index contributed by atoms with van der Waals surface area (Å²) in [5.74, 6) is 0.683. The largest absolute Gasteiger partial charge is 0.481 e. The van der Waals surface area contributed by atoms with Crippen LogP contribution in [0.2, 0.25) is 0 Å². The molecule has 0 unspecified atom stereocenters. The third-order valence-corrected chi connectivity index (χ3v) is 8.10. The van der Waals surface area contributed by atoms with E-state index in [1.807, 2.05) is 41.3 Å². The Hall–Kier alpha value is -3.50. The zero-order chi connectivity index (χ0) is 28.1. The molecular formula is C30H38N2O8. The number of aryl methyl sites for hydroxylation is 1. The average molecular weight is 555 g/mol. The van der Waals surface area contributed by atoms with Crippen LogP contribution in [0.5, 0.6) is 23.0 Å². The van der Waals surface area contributed by atoms with Gasteiger partial charge in [0, 0.05) is 38.2 Å². The average Bonchev–Trinajstić information content (AvgIpc) is 3.70. The third kappa shape index (κ3) is 5.97. The first-order valence-electron chi connectivity index (χ1n) is 14.1. The normalized spacial score (nSPS) is 21.1. The van der Waals surface area contributed by atoms with Gasteiger partial charge < -0.3 is 34.1 Å². The monoisotopic (exact) mass is 554 g/mol. The van der Waals surface area contributed by atoms with Crippen molar-refractivity contribution in [3.63, 3.8) is 0 Å². The molecule has 3 heterocycles. The zero-order valence-electron chi connectivity index (χ0n) is 22.9. The number of aliphatic carboxylic acids is 1. The smallest absolute Gasteiger partial charge is 0.308 e. The molecular weight excluding hydrogens is 516 g/mol. The molecule has 2 aromatic rings. The van der Waals surface area contributed by atoms with Crippen molar-refractivity contribution < 1.29 is 38.7 Å². The Bertz CT molecular complexity index is 1200. The van der Waals surface area contributed by atoms with Gasteiger partial charge in [-0.15, -0.1) is 0 Å². The number of para-hydroxylation sites is 1. The van der Waals surface area contributed by atoms with E-state index in [0.717, 1.165) is 24.0 Å². The molecule has 3 aliphatic rings. The number of benzene rings is 2. The molecule has 2 N–H and O–H groups in total. The van der Waals surface area contributed by atoms with Gasteiger partial charge in [0.2, 0.25) is 19.5 Å². The molecule has 10 heteroatoms. The van der Waals surface area contributed by atoms with Crippen LogP contribution in [-0.2, 0) is 16.0 Å². The summed E-state index contributed by atoms with van der Waals surface area (Å²) in [6.07, 6.45) is 3.47. The van der Waals surface area contributed by atoms with Crippen molar-refractivity contribution in [1.29, 1.82) is 0 Å². The van der Waals surface area contributed by atoms with Crippen molar-refractivity contribution in [2.24, 2.45) is 5.92 Å². The number of carbonyl (C=O) groups is 2. The van der Waals surface area contributed by atoms with Gasteiger partial charge >= 0.3 is 5.97 Å². The highest BCUT2D eigenvalue weighted by molar-refractivity contribution is 5.79. The van der Waals surface area contributed by atoms with Crippen molar-refractivity contribution in [3.8, 4) is 23.0 Å². The summed E-state index contributed by atoms with van der Waals surface area (Å²) in [5.41, 5.74) is 1.82. The van der Waals surface area contributed by atoms with Gasteiger partial charge in [-0.1, -0.05) is 31.5 Å². The van der Waals surface area contributed by atoms with Gasteiger partial charge in [-0.3, -0.25) is 14.5 Å². The second kappa shape index (κ2) is 12.8. The lowest BCUT2D eigenvalue weighted by atomic mass is 9.83. The minimum atomic E-state index is -0.886. The molecule has 10 nitrogen and oxygen atoms in total. The molecule has 0 saturated carbocycles. The standard InChI is InChI=1S/C30H38N2O8/c1-2-3-12-31(13-5-14-33)27(34)17-32-16-22(21-9-11-24-26(15-21)39-18-37-24)28(30(35)36)23(32)10-8-20-6-4-7-25-29(20)40-19-38-25/h4,6-7,9,11,15,22-23,28,33H,2-3,5,8,10,12-14,16-19H2,1H3,(H,35,36)/t22-,23+,28-/m1/s1. The molecule has 0 aromatic heterocycles. The first-order valence-corrected chi connectivity index (χ1v) is 14.1. The Balaban J connectivity index is 1.41. The highest BCUT2D eigenvalue weighted by Crippen LogP contribution is 2.44. The third-order valence-electron chi connectivity index (χ3n) is 8.10. The van der Waals surface area contributed by atoms with Crippen molar-refractivity contribution in [1.82, 2.24) is 9.80 Å². The molecule has 0 spiro atoms. The second-order valence-corrected chi connectivity index (χ2v) is 10.6. The van der Waals surface area contributed by atoms with E-state index in [9.17, 15) is 19.8 Å². The number of hydrogen-bond acceptors (Lipinski definition) is 8. The van der Waals surface area contributed by atoms with Crippen LogP contribution >= 0.6 is 0 Å². The summed E-state index contributed by atoms with van der Waals surface area (Å²) in [6, 6.07) is 11.0. The van der Waals surface area contributed by atoms with Crippen molar-refractivity contribution in [2.75, 3.05) is 46.4 Å². The van der Waals surface area contributed by atoms with Crippen LogP contribution in [0.1, 0.15) is 49.7 Å². The molecule has 40 heavy (non-hydrogen) atoms. The maximum atomic E-state index is 13.5. The number of likely N-dealkylation sites (tertiary alicyclic amines) is 1. The van der Waals surface area contributed by atoms with Gasteiger partial charge in [0.25, 0.3) is 0 Å². The molecule has 216 valence electrons. The minimum Gasteiger partial charge on any atom is -0.481 e. The molecule has 0 aliphatic carbocycles. The maximum absolute atomic E-state index is 13.5. The Kier molecular flexibility index (Phi) is 8.96. The molecule has 1 amide bonds. The Labute approximate surface area is 234 Å². The number of rotatable bonds is 13. The number of carboxylic acid groups (broad SMARTS) is 1. The number of aliphatic hydroxyl groups is 1.